The van der Waals surface area contributed by atoms with Gasteiger partial charge in [0.25, 0.3) is 5.69 Å². The Bertz CT molecular complexity index is 707. The van der Waals surface area contributed by atoms with Crippen LogP contribution in [0.5, 0.6) is 5.75 Å². The first-order chi connectivity index (χ1) is 10.1. The molecular formula is C16H13NO4. The molecular weight excluding hydrogens is 270 g/mol. The quantitative estimate of drug-likeness (QED) is 0.375. The molecule has 2 aromatic carbocycles. The summed E-state index contributed by atoms with van der Waals surface area (Å²) in [4.78, 5) is 22.1. The van der Waals surface area contributed by atoms with Crippen LogP contribution in [0.3, 0.4) is 0 Å². The van der Waals surface area contributed by atoms with E-state index in [-0.39, 0.29) is 5.69 Å². The molecule has 0 N–H and O–H groups in total. The van der Waals surface area contributed by atoms with Gasteiger partial charge < -0.3 is 4.74 Å². The third-order valence-electron chi connectivity index (χ3n) is 3.59. The molecule has 0 saturated carbocycles. The van der Waals surface area contributed by atoms with Gasteiger partial charge in [-0.2, -0.15) is 0 Å². The summed E-state index contributed by atoms with van der Waals surface area (Å²) in [6.07, 6.45) is 3.22. The maximum atomic E-state index is 12.0. The van der Waals surface area contributed by atoms with Gasteiger partial charge in [-0.1, -0.05) is 6.07 Å². The number of non-ortho nitro benzene ring substituents is 1. The number of rotatable bonds is 3. The summed E-state index contributed by atoms with van der Waals surface area (Å²) in [6, 6.07) is 11.0. The molecule has 0 bridgehead atoms. The first-order valence-electron chi connectivity index (χ1n) is 6.72. The van der Waals surface area contributed by atoms with Crippen LogP contribution in [0, 0.1) is 10.1 Å². The third kappa shape index (κ3) is 2.76. The predicted molar refractivity (Wildman–Crippen MR) is 76.5 cm³/mol. The predicted octanol–water partition coefficient (Wildman–Crippen LogP) is 3.30. The zero-order valence-corrected chi connectivity index (χ0v) is 11.2. The van der Waals surface area contributed by atoms with E-state index in [0.29, 0.717) is 11.3 Å². The molecule has 0 saturated heterocycles. The molecule has 0 spiro atoms. The second kappa shape index (κ2) is 5.36. The lowest BCUT2D eigenvalue weighted by molar-refractivity contribution is -0.384. The van der Waals surface area contributed by atoms with Crippen molar-refractivity contribution in [3.8, 4) is 5.75 Å². The summed E-state index contributed by atoms with van der Waals surface area (Å²) in [5.41, 5.74) is 2.78. The van der Waals surface area contributed by atoms with Crippen LogP contribution in [0.25, 0.3) is 0 Å². The Balaban J connectivity index is 1.75. The van der Waals surface area contributed by atoms with E-state index in [0.717, 1.165) is 19.3 Å². The summed E-state index contributed by atoms with van der Waals surface area (Å²) in [5, 5.41) is 10.6. The molecule has 0 unspecified atom stereocenters. The van der Waals surface area contributed by atoms with Gasteiger partial charge in [0.15, 0.2) is 0 Å². The van der Waals surface area contributed by atoms with E-state index in [9.17, 15) is 14.9 Å². The first kappa shape index (κ1) is 13.3. The Hall–Kier alpha value is -2.69. The topological polar surface area (TPSA) is 69.4 Å². The summed E-state index contributed by atoms with van der Waals surface area (Å²) >= 11 is 0. The fourth-order valence-corrected chi connectivity index (χ4v) is 2.50. The first-order valence-corrected chi connectivity index (χ1v) is 6.72. The largest absolute Gasteiger partial charge is 0.423 e. The molecule has 0 amide bonds. The number of carbonyl (C=O) groups excluding carboxylic acids is 1. The smallest absolute Gasteiger partial charge is 0.343 e. The van der Waals surface area contributed by atoms with Crippen LogP contribution in [0.2, 0.25) is 0 Å². The second-order valence-electron chi connectivity index (χ2n) is 4.98. The number of aryl methyl sites for hydroxylation is 2. The highest BCUT2D eigenvalue weighted by molar-refractivity contribution is 5.91. The van der Waals surface area contributed by atoms with E-state index in [1.165, 1.54) is 35.4 Å². The fraction of sp³-hybridized carbons (Fsp3) is 0.188. The van der Waals surface area contributed by atoms with Crippen LogP contribution in [-0.4, -0.2) is 10.9 Å². The molecule has 1 aliphatic carbocycles. The van der Waals surface area contributed by atoms with Gasteiger partial charge in [0, 0.05) is 12.1 Å². The lowest BCUT2D eigenvalue weighted by Gasteiger charge is -2.06. The average Bonchev–Trinajstić information content (AvgIpc) is 2.95. The fourth-order valence-electron chi connectivity index (χ4n) is 2.50. The molecule has 0 fully saturated rings. The molecule has 3 rings (SSSR count). The zero-order chi connectivity index (χ0) is 14.8. The van der Waals surface area contributed by atoms with Gasteiger partial charge >= 0.3 is 5.97 Å². The van der Waals surface area contributed by atoms with Gasteiger partial charge in [-0.25, -0.2) is 4.79 Å². The molecule has 1 aliphatic rings. The van der Waals surface area contributed by atoms with Crippen LogP contribution in [0.15, 0.2) is 42.5 Å². The minimum absolute atomic E-state index is 0.0518. The van der Waals surface area contributed by atoms with E-state index in [4.69, 9.17) is 4.74 Å². The monoisotopic (exact) mass is 283 g/mol. The Morgan fingerprint density at radius 2 is 1.76 bits per heavy atom. The van der Waals surface area contributed by atoms with E-state index < -0.39 is 10.9 Å². The maximum Gasteiger partial charge on any atom is 0.343 e. The van der Waals surface area contributed by atoms with Crippen molar-refractivity contribution in [3.63, 3.8) is 0 Å². The number of nitro benzene ring substituents is 1. The average molecular weight is 283 g/mol. The molecule has 2 aromatic rings. The standard InChI is InChI=1S/C16H13NO4/c18-16(12-4-7-14(8-5-12)17(19)20)21-15-9-6-11-2-1-3-13(11)10-15/h4-10H,1-3H2. The van der Waals surface area contributed by atoms with E-state index >= 15 is 0 Å². The van der Waals surface area contributed by atoms with Crippen LogP contribution in [0.4, 0.5) is 5.69 Å². The lowest BCUT2D eigenvalue weighted by atomic mass is 10.1. The number of nitro groups is 1. The van der Waals surface area contributed by atoms with E-state index in [1.807, 2.05) is 12.1 Å². The maximum absolute atomic E-state index is 12.0. The van der Waals surface area contributed by atoms with Crippen LogP contribution in [-0.2, 0) is 12.8 Å². The SMILES string of the molecule is O=C(Oc1ccc2c(c1)CCC2)c1ccc([N+](=O)[O-])cc1. The summed E-state index contributed by atoms with van der Waals surface area (Å²) < 4.78 is 5.32. The van der Waals surface area contributed by atoms with Crippen molar-refractivity contribution in [3.05, 3.63) is 69.3 Å². The number of fused-ring (bicyclic) bond motifs is 1. The van der Waals surface area contributed by atoms with Gasteiger partial charge in [-0.3, -0.25) is 10.1 Å². The molecule has 106 valence electrons. The third-order valence-corrected chi connectivity index (χ3v) is 3.59. The molecule has 0 aliphatic heterocycles. The molecule has 5 nitrogen and oxygen atoms in total. The van der Waals surface area contributed by atoms with Crippen molar-refractivity contribution >= 4 is 11.7 Å². The summed E-state index contributed by atoms with van der Waals surface area (Å²) in [6.45, 7) is 0. The van der Waals surface area contributed by atoms with Crippen molar-refractivity contribution < 1.29 is 14.5 Å². The Morgan fingerprint density at radius 1 is 1.05 bits per heavy atom. The summed E-state index contributed by atoms with van der Waals surface area (Å²) in [5.74, 6) is 0.00171. The van der Waals surface area contributed by atoms with Crippen LogP contribution >= 0.6 is 0 Å². The number of hydrogen-bond acceptors (Lipinski definition) is 4. The lowest BCUT2D eigenvalue weighted by Crippen LogP contribution is -2.08. The number of ether oxygens (including phenoxy) is 1. The molecule has 0 heterocycles. The molecule has 5 heteroatoms. The van der Waals surface area contributed by atoms with Gasteiger partial charge in [-0.15, -0.1) is 0 Å². The van der Waals surface area contributed by atoms with Crippen molar-refractivity contribution in [2.75, 3.05) is 0 Å². The minimum Gasteiger partial charge on any atom is -0.423 e. The normalized spacial score (nSPS) is 12.8. The highest BCUT2D eigenvalue weighted by Gasteiger charge is 2.14. The Labute approximate surface area is 121 Å². The van der Waals surface area contributed by atoms with Gasteiger partial charge in [0.2, 0.25) is 0 Å². The summed E-state index contributed by atoms with van der Waals surface area (Å²) in [7, 11) is 0. The van der Waals surface area contributed by atoms with Crippen molar-refractivity contribution in [2.45, 2.75) is 19.3 Å². The van der Waals surface area contributed by atoms with Crippen molar-refractivity contribution in [1.29, 1.82) is 0 Å². The number of carbonyl (C=O) groups is 1. The number of nitrogens with zero attached hydrogens (tertiary/aromatic N) is 1. The van der Waals surface area contributed by atoms with Crippen molar-refractivity contribution in [1.82, 2.24) is 0 Å². The van der Waals surface area contributed by atoms with Crippen LogP contribution < -0.4 is 4.74 Å². The highest BCUT2D eigenvalue weighted by atomic mass is 16.6. The number of esters is 1. The van der Waals surface area contributed by atoms with Gasteiger partial charge in [-0.05, 0) is 54.7 Å². The van der Waals surface area contributed by atoms with Crippen molar-refractivity contribution in [2.24, 2.45) is 0 Å². The molecule has 0 aromatic heterocycles. The van der Waals surface area contributed by atoms with E-state index in [1.54, 1.807) is 6.07 Å². The van der Waals surface area contributed by atoms with Gasteiger partial charge in [0.1, 0.15) is 5.75 Å². The number of hydrogen-bond donors (Lipinski definition) is 0. The second-order valence-corrected chi connectivity index (χ2v) is 4.98. The zero-order valence-electron chi connectivity index (χ0n) is 11.2. The Morgan fingerprint density at radius 3 is 2.48 bits per heavy atom. The molecule has 0 radical (unpaired) electrons. The van der Waals surface area contributed by atoms with E-state index in [2.05, 4.69) is 0 Å². The molecule has 0 atom stereocenters. The number of benzene rings is 2. The van der Waals surface area contributed by atoms with Gasteiger partial charge in [0.05, 0.1) is 10.5 Å². The molecule has 21 heavy (non-hydrogen) atoms. The van der Waals surface area contributed by atoms with Crippen LogP contribution in [0.1, 0.15) is 27.9 Å². The Kier molecular flexibility index (Phi) is 3.39. The highest BCUT2D eigenvalue weighted by Crippen LogP contribution is 2.26. The minimum atomic E-state index is -0.511.